The van der Waals surface area contributed by atoms with Crippen LogP contribution >= 0.6 is 23.2 Å². The SMILES string of the molecule is CC(NC(C)c1cc(F)c(Cl)cc1Cl)c1ccc(F)cc1. The van der Waals surface area contributed by atoms with Gasteiger partial charge in [-0.15, -0.1) is 0 Å². The highest BCUT2D eigenvalue weighted by atomic mass is 35.5. The van der Waals surface area contributed by atoms with Crippen molar-refractivity contribution >= 4 is 23.2 Å². The maximum Gasteiger partial charge on any atom is 0.142 e. The maximum atomic E-state index is 13.6. The monoisotopic (exact) mass is 329 g/mol. The summed E-state index contributed by atoms with van der Waals surface area (Å²) in [6.07, 6.45) is 0. The van der Waals surface area contributed by atoms with Crippen molar-refractivity contribution in [3.8, 4) is 0 Å². The van der Waals surface area contributed by atoms with Gasteiger partial charge in [0, 0.05) is 17.1 Å². The number of rotatable bonds is 4. The molecule has 2 rings (SSSR count). The lowest BCUT2D eigenvalue weighted by Crippen LogP contribution is -2.22. The summed E-state index contributed by atoms with van der Waals surface area (Å²) in [5, 5.41) is 3.72. The van der Waals surface area contributed by atoms with Crippen molar-refractivity contribution in [1.82, 2.24) is 5.32 Å². The van der Waals surface area contributed by atoms with Crippen molar-refractivity contribution < 1.29 is 8.78 Å². The molecular weight excluding hydrogens is 315 g/mol. The smallest absolute Gasteiger partial charge is 0.142 e. The molecule has 21 heavy (non-hydrogen) atoms. The van der Waals surface area contributed by atoms with Crippen LogP contribution in [0.5, 0.6) is 0 Å². The first-order valence-corrected chi connectivity index (χ1v) is 7.30. The van der Waals surface area contributed by atoms with Gasteiger partial charge >= 0.3 is 0 Å². The zero-order chi connectivity index (χ0) is 15.6. The van der Waals surface area contributed by atoms with Crippen LogP contribution in [0.3, 0.4) is 0 Å². The van der Waals surface area contributed by atoms with E-state index in [2.05, 4.69) is 5.32 Å². The van der Waals surface area contributed by atoms with E-state index in [4.69, 9.17) is 23.2 Å². The summed E-state index contributed by atoms with van der Waals surface area (Å²) in [5.74, 6) is -0.777. The number of nitrogens with one attached hydrogen (secondary N) is 1. The van der Waals surface area contributed by atoms with E-state index in [9.17, 15) is 8.78 Å². The van der Waals surface area contributed by atoms with Crippen LogP contribution < -0.4 is 5.32 Å². The van der Waals surface area contributed by atoms with Crippen LogP contribution in [0, 0.1) is 11.6 Å². The second-order valence-corrected chi connectivity index (χ2v) is 5.76. The van der Waals surface area contributed by atoms with Crippen molar-refractivity contribution in [2.24, 2.45) is 0 Å². The third kappa shape index (κ3) is 3.94. The molecule has 112 valence electrons. The summed E-state index contributed by atoms with van der Waals surface area (Å²) in [6.45, 7) is 3.83. The molecule has 0 aliphatic heterocycles. The average Bonchev–Trinajstić information content (AvgIpc) is 2.43. The molecule has 2 unspecified atom stereocenters. The van der Waals surface area contributed by atoms with Crippen molar-refractivity contribution in [3.63, 3.8) is 0 Å². The van der Waals surface area contributed by atoms with E-state index in [-0.39, 0.29) is 22.9 Å². The zero-order valence-corrected chi connectivity index (χ0v) is 13.1. The Hall–Kier alpha value is -1.16. The minimum atomic E-state index is -0.501. The summed E-state index contributed by atoms with van der Waals surface area (Å²) >= 11 is 11.8. The molecule has 0 saturated heterocycles. The summed E-state index contributed by atoms with van der Waals surface area (Å²) < 4.78 is 26.5. The predicted octanol–water partition coefficient (Wildman–Crippen LogP) is 5.68. The van der Waals surface area contributed by atoms with Gasteiger partial charge in [-0.2, -0.15) is 0 Å². The predicted molar refractivity (Wildman–Crippen MR) is 82.8 cm³/mol. The largest absolute Gasteiger partial charge is 0.304 e. The lowest BCUT2D eigenvalue weighted by Gasteiger charge is -2.22. The molecule has 2 aromatic carbocycles. The van der Waals surface area contributed by atoms with Crippen molar-refractivity contribution in [2.75, 3.05) is 0 Å². The Labute approximate surface area is 132 Å². The molecule has 0 fully saturated rings. The number of halogens is 4. The molecule has 2 atom stereocenters. The molecule has 0 bridgehead atoms. The van der Waals surface area contributed by atoms with E-state index in [1.165, 1.54) is 24.3 Å². The Morgan fingerprint density at radius 1 is 0.905 bits per heavy atom. The van der Waals surface area contributed by atoms with E-state index in [1.54, 1.807) is 12.1 Å². The van der Waals surface area contributed by atoms with Gasteiger partial charge in [-0.1, -0.05) is 35.3 Å². The zero-order valence-electron chi connectivity index (χ0n) is 11.6. The van der Waals surface area contributed by atoms with E-state index >= 15 is 0 Å². The minimum Gasteiger partial charge on any atom is -0.304 e. The van der Waals surface area contributed by atoms with Gasteiger partial charge in [0.25, 0.3) is 0 Å². The average molecular weight is 330 g/mol. The van der Waals surface area contributed by atoms with Gasteiger partial charge in [0.1, 0.15) is 11.6 Å². The quantitative estimate of drug-likeness (QED) is 0.711. The minimum absolute atomic E-state index is 0.00235. The van der Waals surface area contributed by atoms with E-state index in [0.717, 1.165) is 5.56 Å². The molecule has 5 heteroatoms. The van der Waals surface area contributed by atoms with Crippen LogP contribution in [0.2, 0.25) is 10.0 Å². The fourth-order valence-electron chi connectivity index (χ4n) is 2.18. The molecular formula is C16H15Cl2F2N. The Kier molecular flexibility index (Phi) is 5.20. The molecule has 2 aromatic rings. The third-order valence-electron chi connectivity index (χ3n) is 3.38. The number of hydrogen-bond donors (Lipinski definition) is 1. The fourth-order valence-corrected chi connectivity index (χ4v) is 2.73. The van der Waals surface area contributed by atoms with Crippen LogP contribution in [-0.4, -0.2) is 0 Å². The summed E-state index contributed by atoms with van der Waals surface area (Å²) in [7, 11) is 0. The summed E-state index contributed by atoms with van der Waals surface area (Å²) in [6, 6.07) is 8.77. The van der Waals surface area contributed by atoms with Crippen LogP contribution in [0.1, 0.15) is 37.1 Å². The number of hydrogen-bond acceptors (Lipinski definition) is 1. The van der Waals surface area contributed by atoms with Crippen molar-refractivity contribution in [1.29, 1.82) is 0 Å². The van der Waals surface area contributed by atoms with Gasteiger partial charge in [0.2, 0.25) is 0 Å². The highest BCUT2D eigenvalue weighted by molar-refractivity contribution is 6.35. The molecule has 0 radical (unpaired) electrons. The molecule has 0 heterocycles. The van der Waals surface area contributed by atoms with E-state index in [0.29, 0.717) is 10.6 Å². The molecule has 1 N–H and O–H groups in total. The Bertz CT molecular complexity index is 629. The van der Waals surface area contributed by atoms with E-state index in [1.807, 2.05) is 13.8 Å². The molecule has 0 aliphatic carbocycles. The maximum absolute atomic E-state index is 13.6. The lowest BCUT2D eigenvalue weighted by atomic mass is 10.0. The Balaban J connectivity index is 2.15. The highest BCUT2D eigenvalue weighted by Crippen LogP contribution is 2.30. The molecule has 1 nitrogen and oxygen atoms in total. The highest BCUT2D eigenvalue weighted by Gasteiger charge is 2.16. The van der Waals surface area contributed by atoms with Crippen molar-refractivity contribution in [3.05, 3.63) is 69.2 Å². The molecule has 0 spiro atoms. The van der Waals surface area contributed by atoms with Gasteiger partial charge in [-0.3, -0.25) is 0 Å². The first-order chi connectivity index (χ1) is 9.88. The van der Waals surface area contributed by atoms with Crippen molar-refractivity contribution in [2.45, 2.75) is 25.9 Å². The lowest BCUT2D eigenvalue weighted by molar-refractivity contribution is 0.491. The molecule has 0 aliphatic rings. The standard InChI is InChI=1S/C16H15Cl2F2N/c1-9(11-3-5-12(19)6-4-11)21-10(2)13-7-16(20)15(18)8-14(13)17/h3-10,21H,1-2H3. The second kappa shape index (κ2) is 6.73. The molecule has 0 saturated carbocycles. The van der Waals surface area contributed by atoms with Crippen LogP contribution in [-0.2, 0) is 0 Å². The topological polar surface area (TPSA) is 12.0 Å². The normalized spacial score (nSPS) is 14.0. The summed E-state index contributed by atoms with van der Waals surface area (Å²) in [4.78, 5) is 0. The van der Waals surface area contributed by atoms with Gasteiger partial charge in [-0.25, -0.2) is 8.78 Å². The van der Waals surface area contributed by atoms with Gasteiger partial charge in [-0.05, 0) is 49.2 Å². The van der Waals surface area contributed by atoms with Crippen LogP contribution in [0.4, 0.5) is 8.78 Å². The first-order valence-electron chi connectivity index (χ1n) is 6.54. The third-order valence-corrected chi connectivity index (χ3v) is 3.99. The number of benzene rings is 2. The first kappa shape index (κ1) is 16.2. The van der Waals surface area contributed by atoms with Crippen LogP contribution in [0.15, 0.2) is 36.4 Å². The van der Waals surface area contributed by atoms with E-state index < -0.39 is 5.82 Å². The van der Waals surface area contributed by atoms with Gasteiger partial charge in [0.05, 0.1) is 5.02 Å². The molecule has 0 aromatic heterocycles. The van der Waals surface area contributed by atoms with Gasteiger partial charge < -0.3 is 5.32 Å². The molecule has 0 amide bonds. The fraction of sp³-hybridized carbons (Fsp3) is 0.250. The van der Waals surface area contributed by atoms with Crippen LogP contribution in [0.25, 0.3) is 0 Å². The summed E-state index contributed by atoms with van der Waals surface area (Å²) in [5.41, 5.74) is 1.57. The Morgan fingerprint density at radius 2 is 1.52 bits per heavy atom. The second-order valence-electron chi connectivity index (χ2n) is 4.95. The Morgan fingerprint density at radius 3 is 2.14 bits per heavy atom. The van der Waals surface area contributed by atoms with Gasteiger partial charge in [0.15, 0.2) is 0 Å².